The van der Waals surface area contributed by atoms with Crippen LogP contribution >= 0.6 is 12.4 Å². The summed E-state index contributed by atoms with van der Waals surface area (Å²) in [7, 11) is 3.25. The topological polar surface area (TPSA) is 53.7 Å². The normalized spacial score (nSPS) is 10.2. The number of nitrogen functional groups attached to an aromatic ring is 1. The molecule has 0 unspecified atom stereocenters. The molecule has 124 valence electrons. The van der Waals surface area contributed by atoms with Crippen molar-refractivity contribution in [3.63, 3.8) is 0 Å². The lowest BCUT2D eigenvalue weighted by atomic mass is 10.1. The minimum Gasteiger partial charge on any atom is -0.497 e. The van der Waals surface area contributed by atoms with Crippen molar-refractivity contribution < 1.29 is 14.2 Å². The summed E-state index contributed by atoms with van der Waals surface area (Å²) in [6.45, 7) is 2.57. The van der Waals surface area contributed by atoms with Gasteiger partial charge in [-0.05, 0) is 42.3 Å². The van der Waals surface area contributed by atoms with Gasteiger partial charge in [0.1, 0.15) is 17.2 Å². The fourth-order valence-electron chi connectivity index (χ4n) is 2.11. The molecule has 2 aromatic rings. The molecule has 23 heavy (non-hydrogen) atoms. The smallest absolute Gasteiger partial charge is 0.141 e. The van der Waals surface area contributed by atoms with E-state index < -0.39 is 0 Å². The molecule has 0 spiro atoms. The van der Waals surface area contributed by atoms with Gasteiger partial charge >= 0.3 is 0 Å². The Morgan fingerprint density at radius 1 is 0.913 bits per heavy atom. The molecule has 0 aromatic heterocycles. The van der Waals surface area contributed by atoms with E-state index in [-0.39, 0.29) is 12.4 Å². The van der Waals surface area contributed by atoms with Crippen LogP contribution in [0.3, 0.4) is 0 Å². The quantitative estimate of drug-likeness (QED) is 0.632. The van der Waals surface area contributed by atoms with Gasteiger partial charge in [-0.3, -0.25) is 0 Å². The lowest BCUT2D eigenvalue weighted by Gasteiger charge is -2.08. The molecule has 0 atom stereocenters. The third-order valence-corrected chi connectivity index (χ3v) is 3.17. The molecular formula is C18H22ClNO3. The van der Waals surface area contributed by atoms with E-state index in [1.807, 2.05) is 55.5 Å². The monoisotopic (exact) mass is 335 g/mol. The van der Waals surface area contributed by atoms with E-state index in [0.29, 0.717) is 18.0 Å². The molecule has 2 rings (SSSR count). The van der Waals surface area contributed by atoms with Gasteiger partial charge in [-0.1, -0.05) is 18.2 Å². The van der Waals surface area contributed by atoms with Crippen LogP contribution in [0, 0.1) is 0 Å². The van der Waals surface area contributed by atoms with E-state index >= 15 is 0 Å². The molecule has 0 heterocycles. The van der Waals surface area contributed by atoms with Crippen LogP contribution in [0.15, 0.2) is 36.4 Å². The number of anilines is 1. The molecule has 0 radical (unpaired) electrons. The van der Waals surface area contributed by atoms with Gasteiger partial charge in [0.15, 0.2) is 0 Å². The highest BCUT2D eigenvalue weighted by Crippen LogP contribution is 2.26. The first kappa shape index (κ1) is 18.7. The highest BCUT2D eigenvalue weighted by molar-refractivity contribution is 5.85. The fraction of sp³-hybridized carbons (Fsp3) is 0.222. The lowest BCUT2D eigenvalue weighted by molar-refractivity contribution is 0.336. The lowest BCUT2D eigenvalue weighted by Crippen LogP contribution is -1.93. The number of hydrogen-bond acceptors (Lipinski definition) is 4. The number of hydrogen-bond donors (Lipinski definition) is 1. The first-order valence-corrected chi connectivity index (χ1v) is 7.09. The largest absolute Gasteiger partial charge is 0.497 e. The van der Waals surface area contributed by atoms with Crippen LogP contribution in [0.5, 0.6) is 17.2 Å². The maximum atomic E-state index is 5.91. The standard InChI is InChI=1S/C18H21NO3.ClH/c1-4-22-16-10-14(9-15(12-16)20-2)6-5-13-7-8-18(21-3)17(19)11-13;/h5-12H,4,19H2,1-3H3;1H/b6-5+;. The summed E-state index contributed by atoms with van der Waals surface area (Å²) in [6, 6.07) is 11.5. The molecule has 4 nitrogen and oxygen atoms in total. The van der Waals surface area contributed by atoms with Crippen molar-refractivity contribution in [1.82, 2.24) is 0 Å². The average molecular weight is 336 g/mol. The van der Waals surface area contributed by atoms with Gasteiger partial charge < -0.3 is 19.9 Å². The molecule has 2 N–H and O–H groups in total. The second-order valence-electron chi connectivity index (χ2n) is 4.71. The summed E-state index contributed by atoms with van der Waals surface area (Å²) in [5.74, 6) is 2.23. The third kappa shape index (κ3) is 5.11. The van der Waals surface area contributed by atoms with E-state index in [1.54, 1.807) is 14.2 Å². The van der Waals surface area contributed by atoms with Crippen LogP contribution in [0.1, 0.15) is 18.1 Å². The highest BCUT2D eigenvalue weighted by Gasteiger charge is 2.01. The van der Waals surface area contributed by atoms with Gasteiger partial charge in [0.05, 0.1) is 26.5 Å². The Morgan fingerprint density at radius 2 is 1.61 bits per heavy atom. The fourth-order valence-corrected chi connectivity index (χ4v) is 2.11. The van der Waals surface area contributed by atoms with Crippen molar-refractivity contribution in [2.45, 2.75) is 6.92 Å². The highest BCUT2D eigenvalue weighted by atomic mass is 35.5. The van der Waals surface area contributed by atoms with Crippen molar-refractivity contribution in [1.29, 1.82) is 0 Å². The van der Waals surface area contributed by atoms with Crippen molar-refractivity contribution in [2.24, 2.45) is 0 Å². The van der Waals surface area contributed by atoms with Crippen LogP contribution in [0.2, 0.25) is 0 Å². The second kappa shape index (κ2) is 8.96. The summed E-state index contributed by atoms with van der Waals surface area (Å²) in [5.41, 5.74) is 8.52. The van der Waals surface area contributed by atoms with Crippen LogP contribution in [0.4, 0.5) is 5.69 Å². The molecule has 0 aliphatic heterocycles. The van der Waals surface area contributed by atoms with Crippen LogP contribution < -0.4 is 19.9 Å². The summed E-state index contributed by atoms with van der Waals surface area (Å²) >= 11 is 0. The summed E-state index contributed by atoms with van der Waals surface area (Å²) in [6.07, 6.45) is 3.98. The number of benzene rings is 2. The average Bonchev–Trinajstić information content (AvgIpc) is 2.53. The summed E-state index contributed by atoms with van der Waals surface area (Å²) in [4.78, 5) is 0. The van der Waals surface area contributed by atoms with Gasteiger partial charge in [-0.2, -0.15) is 0 Å². The number of halogens is 1. The number of ether oxygens (including phenoxy) is 3. The van der Waals surface area contributed by atoms with E-state index in [4.69, 9.17) is 19.9 Å². The molecule has 0 saturated heterocycles. The zero-order chi connectivity index (χ0) is 15.9. The van der Waals surface area contributed by atoms with E-state index in [2.05, 4.69) is 0 Å². The second-order valence-corrected chi connectivity index (χ2v) is 4.71. The number of nitrogens with two attached hydrogens (primary N) is 1. The maximum Gasteiger partial charge on any atom is 0.141 e. The van der Waals surface area contributed by atoms with Crippen molar-refractivity contribution in [3.05, 3.63) is 47.5 Å². The van der Waals surface area contributed by atoms with Gasteiger partial charge in [0.2, 0.25) is 0 Å². The molecule has 2 aromatic carbocycles. The summed E-state index contributed by atoms with van der Waals surface area (Å²) < 4.78 is 16.0. The maximum absolute atomic E-state index is 5.91. The van der Waals surface area contributed by atoms with E-state index in [0.717, 1.165) is 22.6 Å². The van der Waals surface area contributed by atoms with Crippen LogP contribution in [0.25, 0.3) is 12.2 Å². The van der Waals surface area contributed by atoms with Crippen LogP contribution in [-0.4, -0.2) is 20.8 Å². The molecule has 0 aliphatic rings. The first-order valence-electron chi connectivity index (χ1n) is 7.09. The van der Waals surface area contributed by atoms with Gasteiger partial charge in [-0.15, -0.1) is 12.4 Å². The van der Waals surface area contributed by atoms with E-state index in [9.17, 15) is 0 Å². The third-order valence-electron chi connectivity index (χ3n) is 3.17. The van der Waals surface area contributed by atoms with Crippen molar-refractivity contribution in [2.75, 3.05) is 26.6 Å². The van der Waals surface area contributed by atoms with Gasteiger partial charge in [0, 0.05) is 6.07 Å². The Bertz CT molecular complexity index is 671. The SMILES string of the molecule is CCOc1cc(/C=C/c2ccc(OC)c(N)c2)cc(OC)c1.Cl. The first-order chi connectivity index (χ1) is 10.7. The zero-order valence-corrected chi connectivity index (χ0v) is 14.4. The Hall–Kier alpha value is -2.33. The molecule has 0 fully saturated rings. The zero-order valence-electron chi connectivity index (χ0n) is 13.5. The molecule has 0 aliphatic carbocycles. The summed E-state index contributed by atoms with van der Waals surface area (Å²) in [5, 5.41) is 0. The molecule has 0 amide bonds. The number of methoxy groups -OCH3 is 2. The van der Waals surface area contributed by atoms with Gasteiger partial charge in [0.25, 0.3) is 0 Å². The predicted molar refractivity (Wildman–Crippen MR) is 97.7 cm³/mol. The molecular weight excluding hydrogens is 314 g/mol. The van der Waals surface area contributed by atoms with Crippen molar-refractivity contribution in [3.8, 4) is 17.2 Å². The molecule has 0 bridgehead atoms. The van der Waals surface area contributed by atoms with E-state index in [1.165, 1.54) is 0 Å². The molecule has 5 heteroatoms. The minimum absolute atomic E-state index is 0. The Morgan fingerprint density at radius 3 is 2.22 bits per heavy atom. The Labute approximate surface area is 143 Å². The minimum atomic E-state index is 0. The molecule has 0 saturated carbocycles. The Balaban J connectivity index is 0.00000264. The number of rotatable bonds is 6. The predicted octanol–water partition coefficient (Wildman–Crippen LogP) is 4.28. The van der Waals surface area contributed by atoms with Crippen molar-refractivity contribution >= 4 is 30.2 Å². The van der Waals surface area contributed by atoms with Crippen LogP contribution in [-0.2, 0) is 0 Å². The Kier molecular flexibility index (Phi) is 7.29. The van der Waals surface area contributed by atoms with Gasteiger partial charge in [-0.25, -0.2) is 0 Å².